The van der Waals surface area contributed by atoms with Gasteiger partial charge in [0.15, 0.2) is 16.6 Å². The van der Waals surface area contributed by atoms with Crippen molar-refractivity contribution in [2.45, 2.75) is 13.5 Å². The molecule has 1 heterocycles. The van der Waals surface area contributed by atoms with Crippen LogP contribution in [0.3, 0.4) is 0 Å². The standard InChI is InChI=1S/C21H20BrFN2O3S/c1-4-27-18-11-14(10-17-20(26)25(3)21(29)24(17)2)9-16(22)19(18)28-12-13-5-7-15(23)8-6-13/h5-11H,4,12H2,1-3H3. The number of carbonyl (C=O) groups is 1. The van der Waals surface area contributed by atoms with Crippen molar-refractivity contribution in [3.8, 4) is 11.5 Å². The molecule has 0 saturated carbocycles. The van der Waals surface area contributed by atoms with Crippen LogP contribution in [0.4, 0.5) is 4.39 Å². The third kappa shape index (κ3) is 4.59. The lowest BCUT2D eigenvalue weighted by molar-refractivity contribution is -0.121. The minimum atomic E-state index is -0.293. The second-order valence-corrected chi connectivity index (χ2v) is 7.63. The number of thiocarbonyl (C=S) groups is 1. The summed E-state index contributed by atoms with van der Waals surface area (Å²) in [6, 6.07) is 9.78. The van der Waals surface area contributed by atoms with E-state index in [1.54, 1.807) is 37.2 Å². The van der Waals surface area contributed by atoms with Crippen LogP contribution in [0.1, 0.15) is 18.1 Å². The highest BCUT2D eigenvalue weighted by molar-refractivity contribution is 9.10. The molecule has 0 aliphatic carbocycles. The second-order valence-electron chi connectivity index (χ2n) is 6.41. The van der Waals surface area contributed by atoms with E-state index in [0.29, 0.717) is 33.4 Å². The van der Waals surface area contributed by atoms with Gasteiger partial charge < -0.3 is 14.4 Å². The largest absolute Gasteiger partial charge is 0.490 e. The van der Waals surface area contributed by atoms with Crippen molar-refractivity contribution in [2.75, 3.05) is 20.7 Å². The van der Waals surface area contributed by atoms with Gasteiger partial charge in [0, 0.05) is 14.1 Å². The van der Waals surface area contributed by atoms with Gasteiger partial charge in [-0.1, -0.05) is 12.1 Å². The fourth-order valence-corrected chi connectivity index (χ4v) is 3.61. The molecule has 8 heteroatoms. The molecule has 1 fully saturated rings. The topological polar surface area (TPSA) is 42.0 Å². The van der Waals surface area contributed by atoms with E-state index in [9.17, 15) is 9.18 Å². The lowest BCUT2D eigenvalue weighted by Crippen LogP contribution is -2.26. The minimum Gasteiger partial charge on any atom is -0.490 e. The fraction of sp³-hybridized carbons (Fsp3) is 0.238. The molecule has 3 rings (SSSR count). The number of ether oxygens (including phenoxy) is 2. The number of nitrogens with zero attached hydrogens (tertiary/aromatic N) is 2. The monoisotopic (exact) mass is 478 g/mol. The van der Waals surface area contributed by atoms with E-state index in [-0.39, 0.29) is 18.3 Å². The molecule has 1 aliphatic heterocycles. The Hall–Kier alpha value is -2.45. The van der Waals surface area contributed by atoms with E-state index in [0.717, 1.165) is 11.1 Å². The zero-order chi connectivity index (χ0) is 21.1. The van der Waals surface area contributed by atoms with Crippen LogP contribution in [0.25, 0.3) is 6.08 Å². The number of likely N-dealkylation sites (N-methyl/N-ethyl adjacent to an activating group) is 2. The zero-order valence-electron chi connectivity index (χ0n) is 16.2. The van der Waals surface area contributed by atoms with E-state index >= 15 is 0 Å². The molecule has 0 bridgehead atoms. The highest BCUT2D eigenvalue weighted by Gasteiger charge is 2.32. The first-order chi connectivity index (χ1) is 13.8. The van der Waals surface area contributed by atoms with Crippen LogP contribution in [0.2, 0.25) is 0 Å². The van der Waals surface area contributed by atoms with Crippen molar-refractivity contribution >= 4 is 45.2 Å². The molecule has 0 aromatic heterocycles. The Kier molecular flexibility index (Phi) is 6.54. The minimum absolute atomic E-state index is 0.164. The van der Waals surface area contributed by atoms with Gasteiger partial charge >= 0.3 is 0 Å². The summed E-state index contributed by atoms with van der Waals surface area (Å²) in [5, 5.41) is 0.449. The van der Waals surface area contributed by atoms with E-state index in [2.05, 4.69) is 15.9 Å². The lowest BCUT2D eigenvalue weighted by Gasteiger charge is -2.15. The molecule has 2 aromatic carbocycles. The molecule has 0 unspecified atom stereocenters. The molecule has 5 nitrogen and oxygen atoms in total. The van der Waals surface area contributed by atoms with Crippen molar-refractivity contribution in [3.63, 3.8) is 0 Å². The number of amides is 1. The summed E-state index contributed by atoms with van der Waals surface area (Å²) in [6.45, 7) is 2.59. The Labute approximate surface area is 182 Å². The number of hydrogen-bond donors (Lipinski definition) is 0. The molecule has 0 N–H and O–H groups in total. The summed E-state index contributed by atoms with van der Waals surface area (Å²) in [4.78, 5) is 15.5. The molecule has 0 spiro atoms. The molecule has 2 aromatic rings. The van der Waals surface area contributed by atoms with Crippen molar-refractivity contribution in [1.29, 1.82) is 0 Å². The molecular weight excluding hydrogens is 459 g/mol. The van der Waals surface area contributed by atoms with Gasteiger partial charge in [-0.05, 0) is 76.5 Å². The summed E-state index contributed by atoms with van der Waals surface area (Å²) in [6.07, 6.45) is 1.76. The van der Waals surface area contributed by atoms with Crippen molar-refractivity contribution in [3.05, 3.63) is 63.5 Å². The molecule has 1 saturated heterocycles. The number of benzene rings is 2. The van der Waals surface area contributed by atoms with Crippen LogP contribution < -0.4 is 9.47 Å². The number of hydrogen-bond acceptors (Lipinski definition) is 4. The number of halogens is 2. The molecule has 0 radical (unpaired) electrons. The Morgan fingerprint density at radius 1 is 1.14 bits per heavy atom. The predicted octanol–water partition coefficient (Wildman–Crippen LogP) is 4.60. The van der Waals surface area contributed by atoms with Crippen LogP contribution >= 0.6 is 28.1 Å². The third-order valence-corrected chi connectivity index (χ3v) is 5.53. The van der Waals surface area contributed by atoms with E-state index in [1.165, 1.54) is 17.0 Å². The van der Waals surface area contributed by atoms with Gasteiger partial charge in [0.25, 0.3) is 5.91 Å². The van der Waals surface area contributed by atoms with Gasteiger partial charge in [-0.15, -0.1) is 0 Å². The second kappa shape index (κ2) is 8.92. The lowest BCUT2D eigenvalue weighted by atomic mass is 10.1. The van der Waals surface area contributed by atoms with E-state index in [4.69, 9.17) is 21.7 Å². The fourth-order valence-electron chi connectivity index (χ4n) is 2.86. The average molecular weight is 479 g/mol. The molecule has 152 valence electrons. The average Bonchev–Trinajstić information content (AvgIpc) is 2.87. The van der Waals surface area contributed by atoms with Crippen molar-refractivity contribution < 1.29 is 18.7 Å². The first-order valence-electron chi connectivity index (χ1n) is 8.92. The molecule has 0 atom stereocenters. The summed E-state index contributed by atoms with van der Waals surface area (Å²) in [7, 11) is 3.41. The summed E-state index contributed by atoms with van der Waals surface area (Å²) in [5.41, 5.74) is 2.08. The number of rotatable bonds is 6. The highest BCUT2D eigenvalue weighted by Crippen LogP contribution is 2.38. The maximum atomic E-state index is 13.1. The van der Waals surface area contributed by atoms with E-state index < -0.39 is 0 Å². The predicted molar refractivity (Wildman–Crippen MR) is 117 cm³/mol. The summed E-state index contributed by atoms with van der Waals surface area (Å²) >= 11 is 8.78. The summed E-state index contributed by atoms with van der Waals surface area (Å²) < 4.78 is 25.4. The zero-order valence-corrected chi connectivity index (χ0v) is 18.6. The van der Waals surface area contributed by atoms with Crippen LogP contribution in [0.5, 0.6) is 11.5 Å². The Morgan fingerprint density at radius 3 is 2.41 bits per heavy atom. The molecule has 1 aliphatic rings. The van der Waals surface area contributed by atoms with Crippen LogP contribution in [-0.2, 0) is 11.4 Å². The quantitative estimate of drug-likeness (QED) is 0.448. The highest BCUT2D eigenvalue weighted by atomic mass is 79.9. The maximum absolute atomic E-state index is 13.1. The first kappa shape index (κ1) is 21.3. The van der Waals surface area contributed by atoms with Gasteiger partial charge in [-0.2, -0.15) is 0 Å². The van der Waals surface area contributed by atoms with Crippen LogP contribution in [0, 0.1) is 5.82 Å². The van der Waals surface area contributed by atoms with Crippen LogP contribution in [-0.4, -0.2) is 41.5 Å². The van der Waals surface area contributed by atoms with Crippen LogP contribution in [0.15, 0.2) is 46.6 Å². The molecule has 1 amide bonds. The smallest absolute Gasteiger partial charge is 0.276 e. The van der Waals surface area contributed by atoms with Crippen molar-refractivity contribution in [2.24, 2.45) is 0 Å². The normalized spacial score (nSPS) is 15.4. The summed E-state index contributed by atoms with van der Waals surface area (Å²) in [5.74, 6) is 0.624. The Balaban J connectivity index is 1.90. The molecule has 29 heavy (non-hydrogen) atoms. The van der Waals surface area contributed by atoms with E-state index in [1.807, 2.05) is 19.1 Å². The number of carbonyl (C=O) groups excluding carboxylic acids is 1. The van der Waals surface area contributed by atoms with Gasteiger partial charge in [0.05, 0.1) is 11.1 Å². The molecular formula is C21H20BrFN2O3S. The van der Waals surface area contributed by atoms with Crippen molar-refractivity contribution in [1.82, 2.24) is 9.80 Å². The van der Waals surface area contributed by atoms with Gasteiger partial charge in [-0.3, -0.25) is 9.69 Å². The van der Waals surface area contributed by atoms with Gasteiger partial charge in [-0.25, -0.2) is 4.39 Å². The van der Waals surface area contributed by atoms with Gasteiger partial charge in [0.1, 0.15) is 18.1 Å². The SMILES string of the molecule is CCOc1cc(C=C2C(=O)N(C)C(=S)N2C)cc(Br)c1OCc1ccc(F)cc1. The Morgan fingerprint density at radius 2 is 1.83 bits per heavy atom. The third-order valence-electron chi connectivity index (χ3n) is 4.39. The Bertz CT molecular complexity index is 979. The maximum Gasteiger partial charge on any atom is 0.276 e. The van der Waals surface area contributed by atoms with Gasteiger partial charge in [0.2, 0.25) is 0 Å². The first-order valence-corrected chi connectivity index (χ1v) is 10.1.